The van der Waals surface area contributed by atoms with Gasteiger partial charge in [0.05, 0.1) is 16.4 Å². The Hall–Kier alpha value is -0.930. The fraction of sp³-hybridized carbons (Fsp3) is 0.500. The van der Waals surface area contributed by atoms with Crippen LogP contribution in [0.1, 0.15) is 19.3 Å². The zero-order valence-corrected chi connectivity index (χ0v) is 10.4. The molecule has 16 heavy (non-hydrogen) atoms. The summed E-state index contributed by atoms with van der Waals surface area (Å²) in [5, 5.41) is 3.88. The molecule has 0 aromatic heterocycles. The number of ether oxygens (including phenoxy) is 1. The Labute approximate surface area is 102 Å². The number of nitrogen functional groups attached to an aromatic ring is 1. The van der Waals surface area contributed by atoms with Crippen molar-refractivity contribution in [2.45, 2.75) is 19.3 Å². The Kier molecular flexibility index (Phi) is 6.04. The number of halogens is 1. The van der Waals surface area contributed by atoms with Gasteiger partial charge in [0.15, 0.2) is 0 Å². The quantitative estimate of drug-likeness (QED) is 0.570. The minimum absolute atomic E-state index is 0.601. The molecule has 0 saturated heterocycles. The predicted molar refractivity (Wildman–Crippen MR) is 70.1 cm³/mol. The van der Waals surface area contributed by atoms with Crippen LogP contribution in [0.3, 0.4) is 0 Å². The van der Waals surface area contributed by atoms with Crippen LogP contribution >= 0.6 is 11.6 Å². The summed E-state index contributed by atoms with van der Waals surface area (Å²) in [5.41, 5.74) is 7.37. The van der Waals surface area contributed by atoms with Crippen LogP contribution in [0.25, 0.3) is 0 Å². The van der Waals surface area contributed by atoms with Crippen molar-refractivity contribution in [1.29, 1.82) is 0 Å². The van der Waals surface area contributed by atoms with E-state index in [0.29, 0.717) is 10.7 Å². The number of unbranched alkanes of at least 4 members (excludes halogenated alkanes) is 2. The summed E-state index contributed by atoms with van der Waals surface area (Å²) in [5.74, 6) is 0. The van der Waals surface area contributed by atoms with Crippen molar-refractivity contribution >= 4 is 23.0 Å². The van der Waals surface area contributed by atoms with Gasteiger partial charge in [-0.25, -0.2) is 0 Å². The number of rotatable bonds is 7. The third-order valence-corrected chi connectivity index (χ3v) is 2.72. The second-order valence-electron chi connectivity index (χ2n) is 3.68. The van der Waals surface area contributed by atoms with Crippen LogP contribution in [-0.4, -0.2) is 20.3 Å². The lowest BCUT2D eigenvalue weighted by atomic mass is 10.2. The van der Waals surface area contributed by atoms with E-state index in [1.807, 2.05) is 12.1 Å². The van der Waals surface area contributed by atoms with Gasteiger partial charge >= 0.3 is 0 Å². The highest BCUT2D eigenvalue weighted by molar-refractivity contribution is 6.33. The highest BCUT2D eigenvalue weighted by atomic mass is 35.5. The van der Waals surface area contributed by atoms with Gasteiger partial charge in [0.2, 0.25) is 0 Å². The minimum atomic E-state index is 0.601. The second kappa shape index (κ2) is 7.36. The highest BCUT2D eigenvalue weighted by Crippen LogP contribution is 2.26. The molecule has 3 nitrogen and oxygen atoms in total. The van der Waals surface area contributed by atoms with Crippen LogP contribution in [0.4, 0.5) is 11.4 Å². The maximum atomic E-state index is 5.91. The summed E-state index contributed by atoms with van der Waals surface area (Å²) in [4.78, 5) is 0. The van der Waals surface area contributed by atoms with Crippen molar-refractivity contribution < 1.29 is 4.74 Å². The number of methoxy groups -OCH3 is 1. The van der Waals surface area contributed by atoms with E-state index < -0.39 is 0 Å². The Morgan fingerprint density at radius 1 is 1.31 bits per heavy atom. The number of benzene rings is 1. The number of nitrogens with one attached hydrogen (secondary N) is 1. The fourth-order valence-corrected chi connectivity index (χ4v) is 1.64. The van der Waals surface area contributed by atoms with Crippen LogP contribution in [0.5, 0.6) is 0 Å². The summed E-state index contributed by atoms with van der Waals surface area (Å²) >= 11 is 5.91. The lowest BCUT2D eigenvalue weighted by Gasteiger charge is -2.09. The SMILES string of the molecule is COCCCCCNc1cccc(Cl)c1N. The van der Waals surface area contributed by atoms with E-state index in [9.17, 15) is 0 Å². The third kappa shape index (κ3) is 4.29. The van der Waals surface area contributed by atoms with E-state index >= 15 is 0 Å². The zero-order chi connectivity index (χ0) is 11.8. The summed E-state index contributed by atoms with van der Waals surface area (Å²) in [6.07, 6.45) is 3.36. The second-order valence-corrected chi connectivity index (χ2v) is 4.09. The monoisotopic (exact) mass is 242 g/mol. The molecule has 90 valence electrons. The van der Waals surface area contributed by atoms with Gasteiger partial charge in [0.1, 0.15) is 0 Å². The van der Waals surface area contributed by atoms with Crippen LogP contribution < -0.4 is 11.1 Å². The Morgan fingerprint density at radius 2 is 2.12 bits per heavy atom. The molecule has 0 aliphatic rings. The average Bonchev–Trinajstić information content (AvgIpc) is 2.29. The molecule has 1 rings (SSSR count). The van der Waals surface area contributed by atoms with Crippen LogP contribution in [0.2, 0.25) is 5.02 Å². The number of hydrogen-bond acceptors (Lipinski definition) is 3. The Balaban J connectivity index is 2.24. The number of para-hydroxylation sites is 1. The molecular weight excluding hydrogens is 224 g/mol. The highest BCUT2D eigenvalue weighted by Gasteiger charge is 2.01. The molecule has 0 amide bonds. The van der Waals surface area contributed by atoms with E-state index in [4.69, 9.17) is 22.1 Å². The van der Waals surface area contributed by atoms with Crippen molar-refractivity contribution in [2.75, 3.05) is 31.3 Å². The van der Waals surface area contributed by atoms with Gasteiger partial charge in [-0.3, -0.25) is 0 Å². The summed E-state index contributed by atoms with van der Waals surface area (Å²) in [6, 6.07) is 5.63. The van der Waals surface area contributed by atoms with E-state index in [0.717, 1.165) is 38.1 Å². The van der Waals surface area contributed by atoms with Crippen LogP contribution in [0.15, 0.2) is 18.2 Å². The molecule has 0 fully saturated rings. The van der Waals surface area contributed by atoms with Crippen molar-refractivity contribution in [3.8, 4) is 0 Å². The molecule has 0 saturated carbocycles. The van der Waals surface area contributed by atoms with E-state index in [1.165, 1.54) is 0 Å². The molecule has 0 heterocycles. The lowest BCUT2D eigenvalue weighted by Crippen LogP contribution is -2.04. The molecule has 0 spiro atoms. The van der Waals surface area contributed by atoms with Gasteiger partial charge < -0.3 is 15.8 Å². The first-order chi connectivity index (χ1) is 7.75. The molecule has 4 heteroatoms. The Bertz CT molecular complexity index is 318. The first kappa shape index (κ1) is 13.1. The van der Waals surface area contributed by atoms with E-state index in [1.54, 1.807) is 13.2 Å². The molecule has 1 aromatic rings. The van der Waals surface area contributed by atoms with Gasteiger partial charge in [-0.05, 0) is 31.4 Å². The fourth-order valence-electron chi connectivity index (χ4n) is 1.46. The molecule has 0 unspecified atom stereocenters. The number of hydrogen-bond donors (Lipinski definition) is 2. The first-order valence-corrected chi connectivity index (χ1v) is 5.90. The van der Waals surface area contributed by atoms with Gasteiger partial charge in [-0.15, -0.1) is 0 Å². The minimum Gasteiger partial charge on any atom is -0.396 e. The molecular formula is C12H19ClN2O. The van der Waals surface area contributed by atoms with Gasteiger partial charge in [0.25, 0.3) is 0 Å². The van der Waals surface area contributed by atoms with Gasteiger partial charge in [-0.2, -0.15) is 0 Å². The van der Waals surface area contributed by atoms with Crippen LogP contribution in [-0.2, 0) is 4.74 Å². The van der Waals surface area contributed by atoms with Crippen molar-refractivity contribution in [1.82, 2.24) is 0 Å². The molecule has 0 atom stereocenters. The molecule has 3 N–H and O–H groups in total. The maximum Gasteiger partial charge on any atom is 0.0739 e. The topological polar surface area (TPSA) is 47.3 Å². The average molecular weight is 243 g/mol. The number of nitrogens with two attached hydrogens (primary N) is 1. The summed E-state index contributed by atoms with van der Waals surface area (Å²) in [6.45, 7) is 1.74. The third-order valence-electron chi connectivity index (χ3n) is 2.39. The molecule has 0 aliphatic carbocycles. The maximum absolute atomic E-state index is 5.91. The number of anilines is 2. The zero-order valence-electron chi connectivity index (χ0n) is 9.63. The summed E-state index contributed by atoms with van der Waals surface area (Å²) < 4.78 is 4.98. The Morgan fingerprint density at radius 3 is 2.88 bits per heavy atom. The van der Waals surface area contributed by atoms with Gasteiger partial charge in [0, 0.05) is 20.3 Å². The normalized spacial score (nSPS) is 10.4. The summed E-state index contributed by atoms with van der Waals surface area (Å²) in [7, 11) is 1.73. The standard InChI is InChI=1S/C12H19ClN2O/c1-16-9-4-2-3-8-15-11-7-5-6-10(13)12(11)14/h5-7,15H,2-4,8-9,14H2,1H3. The smallest absolute Gasteiger partial charge is 0.0739 e. The molecule has 0 bridgehead atoms. The lowest BCUT2D eigenvalue weighted by molar-refractivity contribution is 0.192. The molecule has 1 aromatic carbocycles. The van der Waals surface area contributed by atoms with E-state index in [2.05, 4.69) is 5.32 Å². The van der Waals surface area contributed by atoms with Gasteiger partial charge in [-0.1, -0.05) is 17.7 Å². The first-order valence-electron chi connectivity index (χ1n) is 5.52. The largest absolute Gasteiger partial charge is 0.396 e. The predicted octanol–water partition coefficient (Wildman–Crippen LogP) is 3.15. The van der Waals surface area contributed by atoms with Crippen molar-refractivity contribution in [3.05, 3.63) is 23.2 Å². The van der Waals surface area contributed by atoms with Crippen molar-refractivity contribution in [2.24, 2.45) is 0 Å². The molecule has 0 radical (unpaired) electrons. The van der Waals surface area contributed by atoms with E-state index in [-0.39, 0.29) is 0 Å². The van der Waals surface area contributed by atoms with Crippen molar-refractivity contribution in [3.63, 3.8) is 0 Å². The van der Waals surface area contributed by atoms with Crippen LogP contribution in [0, 0.1) is 0 Å². The molecule has 0 aliphatic heterocycles.